The minimum atomic E-state index is -0.178. The lowest BCUT2D eigenvalue weighted by Gasteiger charge is -2.27. The maximum atomic E-state index is 13.1. The Labute approximate surface area is 250 Å². The van der Waals surface area contributed by atoms with E-state index in [4.69, 9.17) is 5.41 Å². The van der Waals surface area contributed by atoms with Crippen LogP contribution in [-0.4, -0.2) is 27.5 Å². The van der Waals surface area contributed by atoms with E-state index in [1.165, 1.54) is 0 Å². The molecule has 0 aliphatic carbocycles. The molecular weight excluding hydrogens is 532 g/mol. The number of hydrogen-bond donors (Lipinski definition) is 1. The minimum absolute atomic E-state index is 0.121. The van der Waals surface area contributed by atoms with Crippen molar-refractivity contribution in [3.05, 3.63) is 162 Å². The molecule has 0 atom stereocenters. The van der Waals surface area contributed by atoms with Crippen LogP contribution in [0.4, 0.5) is 17.1 Å². The van der Waals surface area contributed by atoms with Crippen LogP contribution in [0, 0.1) is 5.41 Å². The predicted octanol–water partition coefficient (Wildman–Crippen LogP) is 8.61. The summed E-state index contributed by atoms with van der Waals surface area (Å²) in [5, 5.41) is 18.0. The van der Waals surface area contributed by atoms with Gasteiger partial charge in [-0.15, -0.1) is 5.10 Å². The Hall–Kier alpha value is -5.75. The molecule has 0 radical (unpaired) electrons. The van der Waals surface area contributed by atoms with E-state index in [9.17, 15) is 9.59 Å². The fourth-order valence-electron chi connectivity index (χ4n) is 4.72. The van der Waals surface area contributed by atoms with Crippen LogP contribution in [0.3, 0.4) is 0 Å². The summed E-state index contributed by atoms with van der Waals surface area (Å²) in [6.07, 6.45) is 1.55. The summed E-state index contributed by atoms with van der Waals surface area (Å²) in [6, 6.07) is 42.5. The van der Waals surface area contributed by atoms with Crippen LogP contribution in [0.5, 0.6) is 0 Å². The molecular formula is C37H30N4O2. The molecule has 0 fully saturated rings. The number of rotatable bonds is 7. The first-order chi connectivity index (χ1) is 20.9. The maximum absolute atomic E-state index is 13.1. The van der Waals surface area contributed by atoms with Crippen LogP contribution in [0.2, 0.25) is 0 Å². The quantitative estimate of drug-likeness (QED) is 0.155. The van der Waals surface area contributed by atoms with E-state index in [2.05, 4.69) is 39.4 Å². The zero-order valence-electron chi connectivity index (χ0n) is 23.9. The Morgan fingerprint density at radius 2 is 1.30 bits per heavy atom. The highest BCUT2D eigenvalue weighted by atomic mass is 16.1. The van der Waals surface area contributed by atoms with Gasteiger partial charge >= 0.3 is 0 Å². The first-order valence-electron chi connectivity index (χ1n) is 13.8. The average molecular weight is 563 g/mol. The van der Waals surface area contributed by atoms with E-state index >= 15 is 0 Å². The van der Waals surface area contributed by atoms with Gasteiger partial charge in [0.1, 0.15) is 5.69 Å². The topological polar surface area (TPSA) is 87.0 Å². The monoisotopic (exact) mass is 562 g/mol. The molecule has 0 spiro atoms. The van der Waals surface area contributed by atoms with Gasteiger partial charge in [-0.1, -0.05) is 91.0 Å². The van der Waals surface area contributed by atoms with Crippen molar-refractivity contribution in [2.24, 2.45) is 0 Å². The third kappa shape index (κ3) is 6.77. The maximum Gasteiger partial charge on any atom is 0.213 e. The highest BCUT2D eigenvalue weighted by molar-refractivity contribution is 6.08. The number of fused-ring (bicyclic) bond motifs is 1. The summed E-state index contributed by atoms with van der Waals surface area (Å²) >= 11 is 0. The number of ketones is 2. The number of carbonyl (C=O) groups is 2. The third-order valence-electron chi connectivity index (χ3n) is 6.92. The van der Waals surface area contributed by atoms with Crippen LogP contribution in [0.25, 0.3) is 10.8 Å². The van der Waals surface area contributed by atoms with Gasteiger partial charge in [0.15, 0.2) is 5.78 Å². The molecule has 0 saturated heterocycles. The molecule has 1 heterocycles. The lowest BCUT2D eigenvalue weighted by molar-refractivity contribution is 0.101. The van der Waals surface area contributed by atoms with E-state index in [1.807, 2.05) is 91.0 Å². The first kappa shape index (κ1) is 28.8. The third-order valence-corrected chi connectivity index (χ3v) is 6.92. The van der Waals surface area contributed by atoms with Gasteiger partial charge in [0.05, 0.1) is 5.69 Å². The summed E-state index contributed by atoms with van der Waals surface area (Å²) in [4.78, 5) is 25.9. The average Bonchev–Trinajstić information content (AvgIpc) is 3.06. The molecule has 0 aliphatic heterocycles. The SMILES string of the molecule is CC(=N)c1ccc(N(c2cccc(C(=O)c3cccnn3)c2)c2cccc3ccccc23)cc1.CC(=O)c1ccccc1. The molecule has 0 bridgehead atoms. The molecule has 210 valence electrons. The number of hydrogen-bond acceptors (Lipinski definition) is 6. The molecule has 1 aromatic heterocycles. The highest BCUT2D eigenvalue weighted by Gasteiger charge is 2.18. The number of Topliss-reactive ketones (excluding diaryl/α,β-unsaturated/α-hetero) is 1. The van der Waals surface area contributed by atoms with Crippen molar-refractivity contribution in [3.63, 3.8) is 0 Å². The predicted molar refractivity (Wildman–Crippen MR) is 173 cm³/mol. The van der Waals surface area contributed by atoms with Gasteiger partial charge in [-0.3, -0.25) is 9.59 Å². The number of nitrogens with one attached hydrogen (secondary N) is 1. The Morgan fingerprint density at radius 1 is 0.628 bits per heavy atom. The first-order valence-corrected chi connectivity index (χ1v) is 13.8. The van der Waals surface area contributed by atoms with E-state index in [-0.39, 0.29) is 11.6 Å². The molecule has 6 nitrogen and oxygen atoms in total. The number of benzene rings is 5. The van der Waals surface area contributed by atoms with Crippen molar-refractivity contribution in [1.29, 1.82) is 5.41 Å². The second-order valence-corrected chi connectivity index (χ2v) is 9.92. The molecule has 43 heavy (non-hydrogen) atoms. The van der Waals surface area contributed by atoms with E-state index < -0.39 is 0 Å². The normalized spacial score (nSPS) is 10.4. The molecule has 6 rings (SSSR count). The zero-order valence-corrected chi connectivity index (χ0v) is 23.9. The lowest BCUT2D eigenvalue weighted by atomic mass is 10.0. The van der Waals surface area contributed by atoms with Gasteiger partial charge in [0, 0.05) is 39.8 Å². The summed E-state index contributed by atoms with van der Waals surface area (Å²) in [6.45, 7) is 3.34. The fraction of sp³-hybridized carbons (Fsp3) is 0.0541. The molecule has 1 N–H and O–H groups in total. The molecule has 0 unspecified atom stereocenters. The number of anilines is 3. The second kappa shape index (κ2) is 13.3. The lowest BCUT2D eigenvalue weighted by Crippen LogP contribution is -2.12. The molecule has 0 amide bonds. The second-order valence-electron chi connectivity index (χ2n) is 9.92. The minimum Gasteiger partial charge on any atom is -0.310 e. The largest absolute Gasteiger partial charge is 0.310 e. The highest BCUT2D eigenvalue weighted by Crippen LogP contribution is 2.39. The van der Waals surface area contributed by atoms with E-state index in [0.717, 1.165) is 39.0 Å². The molecule has 6 heteroatoms. The van der Waals surface area contributed by atoms with Crippen molar-refractivity contribution < 1.29 is 9.59 Å². The van der Waals surface area contributed by atoms with Gasteiger partial charge in [-0.25, -0.2) is 0 Å². The fourth-order valence-corrected chi connectivity index (χ4v) is 4.72. The summed E-state index contributed by atoms with van der Waals surface area (Å²) in [7, 11) is 0. The Bertz CT molecular complexity index is 1880. The van der Waals surface area contributed by atoms with Gasteiger partial charge in [-0.2, -0.15) is 5.10 Å². The molecule has 6 aromatic rings. The van der Waals surface area contributed by atoms with Crippen molar-refractivity contribution in [3.8, 4) is 0 Å². The number of aromatic nitrogens is 2. The standard InChI is InChI=1S/C29H22N4O.C8H8O/c1-20(30)21-14-16-24(17-15-21)33(28-13-5-8-22-7-2-3-11-26(22)28)25-10-4-9-23(19-25)29(34)27-12-6-18-31-32-27;1-7(9)8-5-3-2-4-6-8/h2-19,30H,1H3;2-6H,1H3. The Morgan fingerprint density at radius 3 is 1.98 bits per heavy atom. The van der Waals surface area contributed by atoms with Crippen LogP contribution in [-0.2, 0) is 0 Å². The van der Waals surface area contributed by atoms with Gasteiger partial charge in [-0.05, 0) is 67.3 Å². The van der Waals surface area contributed by atoms with Gasteiger partial charge < -0.3 is 10.3 Å². The van der Waals surface area contributed by atoms with Crippen LogP contribution in [0.15, 0.2) is 140 Å². The van der Waals surface area contributed by atoms with Gasteiger partial charge in [0.2, 0.25) is 5.78 Å². The molecule has 0 saturated carbocycles. The van der Waals surface area contributed by atoms with Crippen molar-refractivity contribution in [2.75, 3.05) is 4.90 Å². The molecule has 5 aromatic carbocycles. The smallest absolute Gasteiger partial charge is 0.213 e. The molecule has 0 aliphatic rings. The summed E-state index contributed by atoms with van der Waals surface area (Å²) in [5.74, 6) is -0.0572. The van der Waals surface area contributed by atoms with Crippen molar-refractivity contribution in [1.82, 2.24) is 10.2 Å². The number of nitrogens with zero attached hydrogens (tertiary/aromatic N) is 3. The Kier molecular flexibility index (Phi) is 8.88. The van der Waals surface area contributed by atoms with E-state index in [1.54, 1.807) is 38.2 Å². The summed E-state index contributed by atoms with van der Waals surface area (Å²) in [5.41, 5.74) is 5.79. The van der Waals surface area contributed by atoms with Gasteiger partial charge in [0.25, 0.3) is 0 Å². The summed E-state index contributed by atoms with van der Waals surface area (Å²) < 4.78 is 0. The van der Waals surface area contributed by atoms with Crippen LogP contribution in [0.1, 0.15) is 45.8 Å². The van der Waals surface area contributed by atoms with E-state index in [0.29, 0.717) is 17.0 Å². The zero-order chi connectivity index (χ0) is 30.2. The van der Waals surface area contributed by atoms with Crippen LogP contribution < -0.4 is 4.90 Å². The van der Waals surface area contributed by atoms with Crippen molar-refractivity contribution in [2.45, 2.75) is 13.8 Å². The van der Waals surface area contributed by atoms with Crippen LogP contribution >= 0.6 is 0 Å². The number of carbonyl (C=O) groups excluding carboxylic acids is 2. The Balaban J connectivity index is 0.000000351. The van der Waals surface area contributed by atoms with Crippen molar-refractivity contribution >= 4 is 45.1 Å².